The Morgan fingerprint density at radius 2 is 1.43 bits per heavy atom. The molecule has 0 unspecified atom stereocenters. The van der Waals surface area contributed by atoms with Gasteiger partial charge in [0.15, 0.2) is 0 Å². The molecule has 0 aliphatic rings. The molecule has 0 saturated carbocycles. The van der Waals surface area contributed by atoms with Gasteiger partial charge in [-0.25, -0.2) is 26.9 Å². The fourth-order valence-corrected chi connectivity index (χ4v) is 3.97. The Hall–Kier alpha value is -3.52. The monoisotopic (exact) mass is 426 g/mol. The Balaban J connectivity index is 1.80. The van der Waals surface area contributed by atoms with Gasteiger partial charge < -0.3 is 4.42 Å². The molecule has 152 valence electrons. The number of hydrogen-bond donors (Lipinski definition) is 1. The SMILES string of the molecule is O=S(=O)(Nc1oc(Cc2ccccc2)nc1-c1c(F)cccc1F)c1ccccc1. The summed E-state index contributed by atoms with van der Waals surface area (Å²) in [6.07, 6.45) is 0.219. The lowest BCUT2D eigenvalue weighted by atomic mass is 10.1. The van der Waals surface area contributed by atoms with E-state index in [9.17, 15) is 17.2 Å². The predicted molar refractivity (Wildman–Crippen MR) is 108 cm³/mol. The fourth-order valence-electron chi connectivity index (χ4n) is 2.95. The van der Waals surface area contributed by atoms with Crippen molar-refractivity contribution in [3.8, 4) is 11.3 Å². The number of nitrogens with zero attached hydrogens (tertiary/aromatic N) is 1. The second kappa shape index (κ2) is 8.08. The van der Waals surface area contributed by atoms with Crippen LogP contribution in [0.15, 0.2) is 88.2 Å². The summed E-state index contributed by atoms with van der Waals surface area (Å²) in [7, 11) is -4.06. The smallest absolute Gasteiger partial charge is 0.264 e. The van der Waals surface area contributed by atoms with E-state index in [4.69, 9.17) is 4.42 Å². The van der Waals surface area contributed by atoms with Crippen molar-refractivity contribution in [1.82, 2.24) is 4.98 Å². The van der Waals surface area contributed by atoms with Crippen molar-refractivity contribution in [2.24, 2.45) is 0 Å². The predicted octanol–water partition coefficient (Wildman–Crippen LogP) is 5.01. The van der Waals surface area contributed by atoms with Crippen LogP contribution < -0.4 is 4.72 Å². The summed E-state index contributed by atoms with van der Waals surface area (Å²) in [5, 5.41) is 0. The van der Waals surface area contributed by atoms with Crippen molar-refractivity contribution >= 4 is 15.9 Å². The van der Waals surface area contributed by atoms with E-state index in [0.29, 0.717) is 0 Å². The second-order valence-electron chi connectivity index (χ2n) is 6.46. The highest BCUT2D eigenvalue weighted by atomic mass is 32.2. The Morgan fingerprint density at radius 3 is 2.07 bits per heavy atom. The zero-order valence-electron chi connectivity index (χ0n) is 15.5. The number of nitrogens with one attached hydrogen (secondary N) is 1. The maximum absolute atomic E-state index is 14.4. The third kappa shape index (κ3) is 4.08. The first-order chi connectivity index (χ1) is 14.4. The van der Waals surface area contributed by atoms with Gasteiger partial charge in [-0.3, -0.25) is 0 Å². The molecule has 8 heteroatoms. The maximum atomic E-state index is 14.4. The summed E-state index contributed by atoms with van der Waals surface area (Å²) in [5.74, 6) is -2.00. The minimum Gasteiger partial charge on any atom is -0.423 e. The molecular formula is C22H16F2N2O3S. The molecule has 0 aliphatic heterocycles. The van der Waals surface area contributed by atoms with Crippen LogP contribution in [-0.4, -0.2) is 13.4 Å². The van der Waals surface area contributed by atoms with Gasteiger partial charge in [0.05, 0.1) is 10.5 Å². The molecule has 4 rings (SSSR count). The molecule has 0 spiro atoms. The van der Waals surface area contributed by atoms with Gasteiger partial charge in [-0.05, 0) is 29.8 Å². The van der Waals surface area contributed by atoms with Crippen LogP contribution in [0.1, 0.15) is 11.5 Å². The fraction of sp³-hybridized carbons (Fsp3) is 0.0455. The van der Waals surface area contributed by atoms with E-state index in [1.165, 1.54) is 18.2 Å². The largest absolute Gasteiger partial charge is 0.423 e. The van der Waals surface area contributed by atoms with Crippen molar-refractivity contribution in [3.63, 3.8) is 0 Å². The normalized spacial score (nSPS) is 11.4. The number of benzene rings is 3. The van der Waals surface area contributed by atoms with Gasteiger partial charge in [0.1, 0.15) is 17.3 Å². The summed E-state index contributed by atoms with van der Waals surface area (Å²) in [5.41, 5.74) is 0.124. The minimum atomic E-state index is -4.06. The van der Waals surface area contributed by atoms with Gasteiger partial charge in [0.25, 0.3) is 10.0 Å². The van der Waals surface area contributed by atoms with Crippen LogP contribution >= 0.6 is 0 Å². The molecule has 1 N–H and O–H groups in total. The number of aromatic nitrogens is 1. The highest BCUT2D eigenvalue weighted by molar-refractivity contribution is 7.92. The minimum absolute atomic E-state index is 0.0223. The molecule has 1 heterocycles. The van der Waals surface area contributed by atoms with Crippen LogP contribution in [0.2, 0.25) is 0 Å². The van der Waals surface area contributed by atoms with Crippen molar-refractivity contribution in [3.05, 3.63) is 102 Å². The molecule has 3 aromatic carbocycles. The maximum Gasteiger partial charge on any atom is 0.264 e. The molecule has 0 amide bonds. The van der Waals surface area contributed by atoms with Crippen molar-refractivity contribution < 1.29 is 21.6 Å². The Morgan fingerprint density at radius 1 is 0.833 bits per heavy atom. The van der Waals surface area contributed by atoms with Crippen molar-refractivity contribution in [2.75, 3.05) is 4.72 Å². The van der Waals surface area contributed by atoms with E-state index in [1.54, 1.807) is 18.2 Å². The highest BCUT2D eigenvalue weighted by Gasteiger charge is 2.25. The number of sulfonamides is 1. The van der Waals surface area contributed by atoms with Crippen LogP contribution in [0, 0.1) is 11.6 Å². The number of oxazole rings is 1. The quantitative estimate of drug-likeness (QED) is 0.470. The number of rotatable bonds is 6. The van der Waals surface area contributed by atoms with Crippen LogP contribution in [0.5, 0.6) is 0 Å². The number of hydrogen-bond acceptors (Lipinski definition) is 4. The summed E-state index contributed by atoms with van der Waals surface area (Å²) < 4.78 is 62.2. The topological polar surface area (TPSA) is 72.2 Å². The number of halogens is 2. The van der Waals surface area contributed by atoms with E-state index in [2.05, 4.69) is 9.71 Å². The first-order valence-electron chi connectivity index (χ1n) is 9.00. The van der Waals surface area contributed by atoms with Crippen LogP contribution in [-0.2, 0) is 16.4 Å². The highest BCUT2D eigenvalue weighted by Crippen LogP contribution is 2.34. The standard InChI is InChI=1S/C22H16F2N2O3S/c23-17-12-7-13-18(24)20(17)21-22(26-30(27,28)16-10-5-2-6-11-16)29-19(25-21)14-15-8-3-1-4-9-15/h1-13,26H,14H2. The van der Waals surface area contributed by atoms with Gasteiger partial charge >= 0.3 is 0 Å². The van der Waals surface area contributed by atoms with Crippen LogP contribution in [0.3, 0.4) is 0 Å². The first kappa shape index (κ1) is 19.8. The Bertz CT molecular complexity index is 1250. The molecule has 30 heavy (non-hydrogen) atoms. The van der Waals surface area contributed by atoms with Gasteiger partial charge in [-0.1, -0.05) is 54.6 Å². The average molecular weight is 426 g/mol. The average Bonchev–Trinajstić information content (AvgIpc) is 3.10. The zero-order valence-corrected chi connectivity index (χ0v) is 16.4. The molecular weight excluding hydrogens is 410 g/mol. The molecule has 4 aromatic rings. The molecule has 0 aliphatic carbocycles. The first-order valence-corrected chi connectivity index (χ1v) is 10.5. The second-order valence-corrected chi connectivity index (χ2v) is 8.15. The summed E-state index contributed by atoms with van der Waals surface area (Å²) in [6, 6.07) is 20.1. The van der Waals surface area contributed by atoms with Crippen molar-refractivity contribution in [1.29, 1.82) is 0 Å². The van der Waals surface area contributed by atoms with Gasteiger partial charge in [0.2, 0.25) is 11.8 Å². The molecule has 0 fully saturated rings. The molecule has 0 atom stereocenters. The lowest BCUT2D eigenvalue weighted by Crippen LogP contribution is -2.13. The summed E-state index contributed by atoms with van der Waals surface area (Å²) in [6.45, 7) is 0. The molecule has 0 bridgehead atoms. The molecule has 5 nitrogen and oxygen atoms in total. The molecule has 0 radical (unpaired) electrons. The van der Waals surface area contributed by atoms with Crippen LogP contribution in [0.25, 0.3) is 11.3 Å². The van der Waals surface area contributed by atoms with Crippen molar-refractivity contribution in [2.45, 2.75) is 11.3 Å². The Kier molecular flexibility index (Phi) is 5.33. The summed E-state index contributed by atoms with van der Waals surface area (Å²) >= 11 is 0. The third-order valence-corrected chi connectivity index (χ3v) is 5.70. The third-order valence-electron chi connectivity index (χ3n) is 4.35. The molecule has 0 saturated heterocycles. The van der Waals surface area contributed by atoms with E-state index < -0.39 is 27.2 Å². The van der Waals surface area contributed by atoms with E-state index in [-0.39, 0.29) is 28.8 Å². The van der Waals surface area contributed by atoms with Crippen LogP contribution in [0.4, 0.5) is 14.7 Å². The van der Waals surface area contributed by atoms with E-state index in [0.717, 1.165) is 17.7 Å². The van der Waals surface area contributed by atoms with Gasteiger partial charge in [-0.15, -0.1) is 0 Å². The van der Waals surface area contributed by atoms with Gasteiger partial charge in [-0.2, -0.15) is 0 Å². The Labute approximate surface area is 172 Å². The molecule has 1 aromatic heterocycles. The zero-order chi connectivity index (χ0) is 21.1. The van der Waals surface area contributed by atoms with E-state index >= 15 is 0 Å². The van der Waals surface area contributed by atoms with Gasteiger partial charge in [0, 0.05) is 6.42 Å². The lowest BCUT2D eigenvalue weighted by Gasteiger charge is -2.07. The lowest BCUT2D eigenvalue weighted by molar-refractivity contribution is 0.521. The summed E-state index contributed by atoms with van der Waals surface area (Å²) in [4.78, 5) is 4.18. The number of anilines is 1. The van der Waals surface area contributed by atoms with E-state index in [1.807, 2.05) is 30.3 Å².